The molecule has 1 aliphatic heterocycles. The van der Waals surface area contributed by atoms with Crippen molar-refractivity contribution in [3.05, 3.63) is 53.8 Å². The van der Waals surface area contributed by atoms with Crippen LogP contribution in [0, 0.1) is 11.7 Å². The fourth-order valence-electron chi connectivity index (χ4n) is 3.81. The van der Waals surface area contributed by atoms with Crippen LogP contribution in [0.3, 0.4) is 0 Å². The molecule has 0 saturated heterocycles. The van der Waals surface area contributed by atoms with E-state index in [1.165, 1.54) is 12.1 Å². The van der Waals surface area contributed by atoms with Crippen LogP contribution in [0.1, 0.15) is 31.2 Å². The van der Waals surface area contributed by atoms with Crippen LogP contribution in [0.4, 0.5) is 10.1 Å². The molecular weight excluding hydrogens is 383 g/mol. The fraction of sp³-hybridized carbons (Fsp3) is 0.381. The summed E-state index contributed by atoms with van der Waals surface area (Å²) >= 11 is 0. The highest BCUT2D eigenvalue weighted by Crippen LogP contribution is 2.34. The van der Waals surface area contributed by atoms with Crippen LogP contribution in [0.25, 0.3) is 0 Å². The first-order valence-corrected chi connectivity index (χ1v) is 9.31. The van der Waals surface area contributed by atoms with Crippen molar-refractivity contribution in [2.45, 2.75) is 38.3 Å². The van der Waals surface area contributed by atoms with Crippen LogP contribution in [-0.2, 0) is 11.3 Å². The maximum atomic E-state index is 13.4. The molecule has 1 heterocycles. The number of hydrogen-bond acceptors (Lipinski definition) is 4. The Balaban J connectivity index is 0.00000225. The highest BCUT2D eigenvalue weighted by Gasteiger charge is 2.30. The Morgan fingerprint density at radius 2 is 1.86 bits per heavy atom. The van der Waals surface area contributed by atoms with E-state index in [4.69, 9.17) is 15.2 Å². The van der Waals surface area contributed by atoms with E-state index in [1.807, 2.05) is 18.2 Å². The van der Waals surface area contributed by atoms with Crippen LogP contribution in [0.5, 0.6) is 11.5 Å². The molecule has 1 amide bonds. The van der Waals surface area contributed by atoms with Crippen molar-refractivity contribution in [2.75, 3.05) is 11.7 Å². The van der Waals surface area contributed by atoms with Crippen molar-refractivity contribution in [3.8, 4) is 11.5 Å². The van der Waals surface area contributed by atoms with Crippen molar-refractivity contribution < 1.29 is 18.7 Å². The molecule has 4 rings (SSSR count). The summed E-state index contributed by atoms with van der Waals surface area (Å²) in [6, 6.07) is 11.8. The van der Waals surface area contributed by atoms with Gasteiger partial charge in [-0.1, -0.05) is 12.5 Å². The normalized spacial score (nSPS) is 20.4. The van der Waals surface area contributed by atoms with E-state index in [0.717, 1.165) is 24.8 Å². The summed E-state index contributed by atoms with van der Waals surface area (Å²) in [6.07, 6.45) is 3.45. The molecule has 150 valence electrons. The molecule has 1 fully saturated rings. The summed E-state index contributed by atoms with van der Waals surface area (Å²) in [5.41, 5.74) is 7.69. The number of benzene rings is 2. The van der Waals surface area contributed by atoms with Gasteiger partial charge in [-0.15, -0.1) is 12.4 Å². The molecular formula is C21H24ClFN2O3. The van der Waals surface area contributed by atoms with Gasteiger partial charge < -0.3 is 20.1 Å². The molecule has 0 aromatic heterocycles. The minimum Gasteiger partial charge on any atom is -0.454 e. The van der Waals surface area contributed by atoms with Crippen LogP contribution in [-0.4, -0.2) is 18.7 Å². The summed E-state index contributed by atoms with van der Waals surface area (Å²) in [5, 5.41) is 0. The van der Waals surface area contributed by atoms with Gasteiger partial charge in [0.05, 0.1) is 6.54 Å². The standard InChI is InChI=1S/C21H23FN2O3.ClH/c22-16-5-7-18(8-6-16)24(21(25)15-2-1-3-17(23)11-15)12-14-4-9-19-20(10-14)27-13-26-19;/h4-10,15,17H,1-3,11-13,23H2;1H. The summed E-state index contributed by atoms with van der Waals surface area (Å²) < 4.78 is 24.2. The topological polar surface area (TPSA) is 64.8 Å². The van der Waals surface area contributed by atoms with Gasteiger partial charge in [0.25, 0.3) is 0 Å². The average molecular weight is 407 g/mol. The third kappa shape index (κ3) is 4.39. The number of fused-ring (bicyclic) bond motifs is 1. The number of hydrogen-bond donors (Lipinski definition) is 1. The second-order valence-corrected chi connectivity index (χ2v) is 7.21. The molecule has 2 unspecified atom stereocenters. The molecule has 2 aliphatic rings. The molecule has 1 aliphatic carbocycles. The lowest BCUT2D eigenvalue weighted by Crippen LogP contribution is -2.40. The highest BCUT2D eigenvalue weighted by atomic mass is 35.5. The minimum absolute atomic E-state index is 0. The molecule has 1 saturated carbocycles. The van der Waals surface area contributed by atoms with Crippen molar-refractivity contribution in [1.29, 1.82) is 0 Å². The zero-order valence-corrected chi connectivity index (χ0v) is 16.3. The monoisotopic (exact) mass is 406 g/mol. The SMILES string of the molecule is Cl.NC1CCCC(C(=O)N(Cc2ccc3c(c2)OCO3)c2ccc(F)cc2)C1. The van der Waals surface area contributed by atoms with Crippen LogP contribution < -0.4 is 20.1 Å². The number of nitrogens with zero attached hydrogens (tertiary/aromatic N) is 1. The average Bonchev–Trinajstić information content (AvgIpc) is 3.14. The molecule has 2 aromatic carbocycles. The van der Waals surface area contributed by atoms with Crippen LogP contribution >= 0.6 is 12.4 Å². The van der Waals surface area contributed by atoms with E-state index < -0.39 is 0 Å². The highest BCUT2D eigenvalue weighted by molar-refractivity contribution is 5.95. The predicted octanol–water partition coefficient (Wildman–Crippen LogP) is 4.03. The van der Waals surface area contributed by atoms with Crippen LogP contribution in [0.2, 0.25) is 0 Å². The smallest absolute Gasteiger partial charge is 0.231 e. The maximum absolute atomic E-state index is 13.4. The number of anilines is 1. The van der Waals surface area contributed by atoms with Crippen molar-refractivity contribution >= 4 is 24.0 Å². The van der Waals surface area contributed by atoms with E-state index in [-0.39, 0.29) is 42.9 Å². The molecule has 28 heavy (non-hydrogen) atoms. The molecule has 7 heteroatoms. The van der Waals surface area contributed by atoms with Crippen molar-refractivity contribution in [1.82, 2.24) is 0 Å². The minimum atomic E-state index is -0.325. The molecule has 0 spiro atoms. The number of halogens is 2. The molecule has 2 N–H and O–H groups in total. The predicted molar refractivity (Wildman–Crippen MR) is 107 cm³/mol. The van der Waals surface area contributed by atoms with Gasteiger partial charge in [-0.05, 0) is 61.2 Å². The van der Waals surface area contributed by atoms with Gasteiger partial charge in [-0.25, -0.2) is 4.39 Å². The third-order valence-corrected chi connectivity index (χ3v) is 5.25. The number of nitrogens with two attached hydrogens (primary N) is 1. The lowest BCUT2D eigenvalue weighted by atomic mass is 9.85. The lowest BCUT2D eigenvalue weighted by molar-refractivity contribution is -0.123. The summed E-state index contributed by atoms with van der Waals surface area (Å²) in [5.74, 6) is 0.992. The second-order valence-electron chi connectivity index (χ2n) is 7.21. The quantitative estimate of drug-likeness (QED) is 0.832. The van der Waals surface area contributed by atoms with Crippen molar-refractivity contribution in [3.63, 3.8) is 0 Å². The van der Waals surface area contributed by atoms with Gasteiger partial charge >= 0.3 is 0 Å². The molecule has 0 bridgehead atoms. The Morgan fingerprint density at radius 3 is 2.61 bits per heavy atom. The number of amides is 1. The van der Waals surface area contributed by atoms with E-state index in [0.29, 0.717) is 30.2 Å². The Bertz CT molecular complexity index is 831. The Morgan fingerprint density at radius 1 is 1.11 bits per heavy atom. The number of ether oxygens (including phenoxy) is 2. The number of rotatable bonds is 4. The summed E-state index contributed by atoms with van der Waals surface area (Å²) in [7, 11) is 0. The van der Waals surface area contributed by atoms with Crippen molar-refractivity contribution in [2.24, 2.45) is 11.7 Å². The molecule has 0 radical (unpaired) electrons. The van der Waals surface area contributed by atoms with Gasteiger partial charge in [0, 0.05) is 17.6 Å². The Kier molecular flexibility index (Phi) is 6.42. The maximum Gasteiger partial charge on any atom is 0.231 e. The van der Waals surface area contributed by atoms with E-state index in [9.17, 15) is 9.18 Å². The van der Waals surface area contributed by atoms with Gasteiger partial charge in [-0.3, -0.25) is 4.79 Å². The van der Waals surface area contributed by atoms with E-state index in [2.05, 4.69) is 0 Å². The lowest BCUT2D eigenvalue weighted by Gasteiger charge is -2.31. The Hall–Kier alpha value is -2.31. The molecule has 5 nitrogen and oxygen atoms in total. The van der Waals surface area contributed by atoms with Gasteiger partial charge in [0.1, 0.15) is 5.82 Å². The van der Waals surface area contributed by atoms with Gasteiger partial charge in [-0.2, -0.15) is 0 Å². The van der Waals surface area contributed by atoms with E-state index >= 15 is 0 Å². The summed E-state index contributed by atoms with van der Waals surface area (Å²) in [6.45, 7) is 0.589. The summed E-state index contributed by atoms with van der Waals surface area (Å²) in [4.78, 5) is 15.0. The number of carbonyl (C=O) groups excluding carboxylic acids is 1. The first-order chi connectivity index (χ1) is 13.1. The third-order valence-electron chi connectivity index (χ3n) is 5.25. The number of carbonyl (C=O) groups is 1. The first kappa shape index (κ1) is 20.4. The van der Waals surface area contributed by atoms with Gasteiger partial charge in [0.15, 0.2) is 11.5 Å². The van der Waals surface area contributed by atoms with Crippen LogP contribution in [0.15, 0.2) is 42.5 Å². The molecule has 2 aromatic rings. The Labute approximate surface area is 170 Å². The van der Waals surface area contributed by atoms with Gasteiger partial charge in [0.2, 0.25) is 12.7 Å². The zero-order chi connectivity index (χ0) is 18.8. The largest absolute Gasteiger partial charge is 0.454 e. The fourth-order valence-corrected chi connectivity index (χ4v) is 3.81. The zero-order valence-electron chi connectivity index (χ0n) is 15.5. The first-order valence-electron chi connectivity index (χ1n) is 9.31. The van der Waals surface area contributed by atoms with E-state index in [1.54, 1.807) is 17.0 Å². The molecule has 2 atom stereocenters. The second kappa shape index (κ2) is 8.80.